The fourth-order valence-corrected chi connectivity index (χ4v) is 5.05. The van der Waals surface area contributed by atoms with Gasteiger partial charge in [0.05, 0.1) is 10.1 Å². The summed E-state index contributed by atoms with van der Waals surface area (Å²) in [4.78, 5) is 13.2. The summed E-state index contributed by atoms with van der Waals surface area (Å²) in [6.45, 7) is 6.13. The average Bonchev–Trinajstić information content (AvgIpc) is 2.73. The molecular formula is C25H26O3S. The van der Waals surface area contributed by atoms with Gasteiger partial charge < -0.3 is 0 Å². The van der Waals surface area contributed by atoms with E-state index in [1.165, 1.54) is 0 Å². The number of sulfone groups is 1. The first kappa shape index (κ1) is 21.0. The summed E-state index contributed by atoms with van der Waals surface area (Å²) in [5.74, 6) is 0.171. The number of aryl methyl sites for hydroxylation is 1. The third-order valence-corrected chi connectivity index (χ3v) is 7.28. The first-order chi connectivity index (χ1) is 13.8. The van der Waals surface area contributed by atoms with Crippen LogP contribution in [0.4, 0.5) is 0 Å². The molecule has 0 fully saturated rings. The predicted octanol–water partition coefficient (Wildman–Crippen LogP) is 5.91. The van der Waals surface area contributed by atoms with E-state index in [9.17, 15) is 13.2 Å². The molecule has 3 rings (SSSR count). The van der Waals surface area contributed by atoms with E-state index in [0.717, 1.165) is 11.1 Å². The molecule has 0 aliphatic rings. The van der Waals surface area contributed by atoms with Crippen molar-refractivity contribution in [2.45, 2.75) is 43.3 Å². The van der Waals surface area contributed by atoms with Crippen LogP contribution in [-0.4, -0.2) is 14.2 Å². The van der Waals surface area contributed by atoms with Gasteiger partial charge in [-0.05, 0) is 36.1 Å². The Morgan fingerprint density at radius 1 is 0.793 bits per heavy atom. The number of carbonyl (C=O) groups excluding carboxylic acids is 1. The molecule has 3 aromatic carbocycles. The van der Waals surface area contributed by atoms with Crippen LogP contribution < -0.4 is 0 Å². The van der Waals surface area contributed by atoms with E-state index >= 15 is 0 Å². The fraction of sp³-hybridized carbons (Fsp3) is 0.240. The Balaban J connectivity index is 2.01. The number of benzene rings is 3. The maximum absolute atomic E-state index is 13.4. The van der Waals surface area contributed by atoms with E-state index in [1.807, 2.05) is 43.3 Å². The molecule has 0 N–H and O–H groups in total. The summed E-state index contributed by atoms with van der Waals surface area (Å²) in [7, 11) is -3.72. The van der Waals surface area contributed by atoms with Gasteiger partial charge in [0, 0.05) is 12.0 Å². The van der Waals surface area contributed by atoms with Crippen molar-refractivity contribution in [1.29, 1.82) is 0 Å². The molecule has 0 aliphatic carbocycles. The molecular weight excluding hydrogens is 380 g/mol. The second-order valence-electron chi connectivity index (χ2n) is 7.66. The maximum Gasteiger partial charge on any atom is 0.185 e. The van der Waals surface area contributed by atoms with Crippen molar-refractivity contribution in [2.75, 3.05) is 0 Å². The van der Waals surface area contributed by atoms with Crippen molar-refractivity contribution in [3.63, 3.8) is 0 Å². The van der Waals surface area contributed by atoms with E-state index in [4.69, 9.17) is 0 Å². The molecule has 3 aromatic rings. The highest BCUT2D eigenvalue weighted by atomic mass is 32.2. The second-order valence-corrected chi connectivity index (χ2v) is 9.79. The Bertz CT molecular complexity index is 1070. The largest absolute Gasteiger partial charge is 0.294 e. The van der Waals surface area contributed by atoms with E-state index in [-0.39, 0.29) is 17.1 Å². The zero-order valence-electron chi connectivity index (χ0n) is 17.0. The minimum Gasteiger partial charge on any atom is -0.294 e. The van der Waals surface area contributed by atoms with E-state index < -0.39 is 15.1 Å². The van der Waals surface area contributed by atoms with Gasteiger partial charge in [-0.2, -0.15) is 0 Å². The molecule has 3 nitrogen and oxygen atoms in total. The van der Waals surface area contributed by atoms with Crippen LogP contribution in [0.15, 0.2) is 83.8 Å². The van der Waals surface area contributed by atoms with Gasteiger partial charge in [-0.1, -0.05) is 86.1 Å². The third kappa shape index (κ3) is 4.83. The minimum atomic E-state index is -3.72. The molecule has 1 atom stereocenters. The molecule has 0 aromatic heterocycles. The van der Waals surface area contributed by atoms with Crippen LogP contribution >= 0.6 is 0 Å². The van der Waals surface area contributed by atoms with E-state index in [1.54, 1.807) is 42.5 Å². The van der Waals surface area contributed by atoms with Crippen LogP contribution in [0, 0.1) is 6.92 Å². The molecule has 0 aliphatic heterocycles. The van der Waals surface area contributed by atoms with Crippen LogP contribution in [0.1, 0.15) is 58.5 Å². The van der Waals surface area contributed by atoms with Crippen molar-refractivity contribution < 1.29 is 13.2 Å². The van der Waals surface area contributed by atoms with Crippen LogP contribution in [-0.2, 0) is 9.84 Å². The van der Waals surface area contributed by atoms with Gasteiger partial charge in [-0.15, -0.1) is 0 Å². The smallest absolute Gasteiger partial charge is 0.185 e. The third-order valence-electron chi connectivity index (χ3n) is 5.17. The molecule has 0 unspecified atom stereocenters. The highest BCUT2D eigenvalue weighted by Crippen LogP contribution is 2.33. The molecule has 150 valence electrons. The Kier molecular flexibility index (Phi) is 6.33. The normalized spacial score (nSPS) is 12.7. The quantitative estimate of drug-likeness (QED) is 0.459. The first-order valence-corrected chi connectivity index (χ1v) is 11.3. The first-order valence-electron chi connectivity index (χ1n) is 9.77. The molecule has 0 bridgehead atoms. The Hall–Kier alpha value is -2.72. The lowest BCUT2D eigenvalue weighted by Gasteiger charge is -2.19. The molecule has 0 saturated carbocycles. The van der Waals surface area contributed by atoms with Gasteiger partial charge in [0.1, 0.15) is 0 Å². The SMILES string of the molecule is Cc1ccc(C(=O)C[C@@H](c2ccc(C(C)C)cc2)S(=O)(=O)c2ccccc2)cc1. The van der Waals surface area contributed by atoms with Crippen LogP contribution in [0.5, 0.6) is 0 Å². The Labute approximate surface area is 173 Å². The molecule has 4 heteroatoms. The number of hydrogen-bond acceptors (Lipinski definition) is 3. The molecule has 0 saturated heterocycles. The van der Waals surface area contributed by atoms with Gasteiger partial charge in [-0.3, -0.25) is 4.79 Å². The number of carbonyl (C=O) groups is 1. The molecule has 0 amide bonds. The van der Waals surface area contributed by atoms with Gasteiger partial charge in [0.15, 0.2) is 15.6 Å². The predicted molar refractivity (Wildman–Crippen MR) is 117 cm³/mol. The van der Waals surface area contributed by atoms with Crippen molar-refractivity contribution >= 4 is 15.6 Å². The topological polar surface area (TPSA) is 51.2 Å². The van der Waals surface area contributed by atoms with Crippen LogP contribution in [0.25, 0.3) is 0 Å². The van der Waals surface area contributed by atoms with Crippen LogP contribution in [0.3, 0.4) is 0 Å². The van der Waals surface area contributed by atoms with Gasteiger partial charge >= 0.3 is 0 Å². The molecule has 0 heterocycles. The lowest BCUT2D eigenvalue weighted by Crippen LogP contribution is -2.18. The van der Waals surface area contributed by atoms with E-state index in [0.29, 0.717) is 17.0 Å². The summed E-state index contributed by atoms with van der Waals surface area (Å²) < 4.78 is 26.8. The van der Waals surface area contributed by atoms with Gasteiger partial charge in [-0.25, -0.2) is 8.42 Å². The van der Waals surface area contributed by atoms with Crippen molar-refractivity contribution in [3.05, 3.63) is 101 Å². The highest BCUT2D eigenvalue weighted by molar-refractivity contribution is 7.91. The summed E-state index contributed by atoms with van der Waals surface area (Å²) >= 11 is 0. The molecule has 0 radical (unpaired) electrons. The maximum atomic E-state index is 13.4. The van der Waals surface area contributed by atoms with Crippen molar-refractivity contribution in [2.24, 2.45) is 0 Å². The lowest BCUT2D eigenvalue weighted by molar-refractivity contribution is 0.0980. The number of rotatable bonds is 7. The number of hydrogen-bond donors (Lipinski definition) is 0. The minimum absolute atomic E-state index is 0.0959. The van der Waals surface area contributed by atoms with Gasteiger partial charge in [0.25, 0.3) is 0 Å². The van der Waals surface area contributed by atoms with Crippen LogP contribution in [0.2, 0.25) is 0 Å². The fourth-order valence-electron chi connectivity index (χ4n) is 3.30. The summed E-state index contributed by atoms with van der Waals surface area (Å²) in [6, 6.07) is 23.2. The van der Waals surface area contributed by atoms with Crippen molar-refractivity contribution in [3.8, 4) is 0 Å². The summed E-state index contributed by atoms with van der Waals surface area (Å²) in [5.41, 5.74) is 3.36. The average molecular weight is 407 g/mol. The van der Waals surface area contributed by atoms with Crippen molar-refractivity contribution in [1.82, 2.24) is 0 Å². The summed E-state index contributed by atoms with van der Waals surface area (Å²) in [6.07, 6.45) is -0.0959. The Morgan fingerprint density at radius 3 is 1.90 bits per heavy atom. The Morgan fingerprint density at radius 2 is 1.34 bits per heavy atom. The zero-order valence-corrected chi connectivity index (χ0v) is 17.8. The molecule has 29 heavy (non-hydrogen) atoms. The molecule has 0 spiro atoms. The second kappa shape index (κ2) is 8.75. The summed E-state index contributed by atoms with van der Waals surface area (Å²) in [5, 5.41) is -0.931. The number of ketones is 1. The van der Waals surface area contributed by atoms with E-state index in [2.05, 4.69) is 13.8 Å². The monoisotopic (exact) mass is 406 g/mol. The lowest BCUT2D eigenvalue weighted by atomic mass is 9.98. The zero-order chi connectivity index (χ0) is 21.0. The highest BCUT2D eigenvalue weighted by Gasteiger charge is 2.31. The number of Topliss-reactive ketones (excluding diaryl/α,β-unsaturated/α-hetero) is 1. The van der Waals surface area contributed by atoms with Gasteiger partial charge in [0.2, 0.25) is 0 Å². The standard InChI is InChI=1S/C25H26O3S/c1-18(2)20-13-15-22(16-14-20)25(29(27,28)23-7-5-4-6-8-23)17-24(26)21-11-9-19(3)10-12-21/h4-16,18,25H,17H2,1-3H3/t25-/m0/s1.